The summed E-state index contributed by atoms with van der Waals surface area (Å²) in [5.41, 5.74) is 6.02. The first-order valence-electron chi connectivity index (χ1n) is 7.15. The fourth-order valence-corrected chi connectivity index (χ4v) is 3.08. The van der Waals surface area contributed by atoms with E-state index in [4.69, 9.17) is 5.73 Å². The number of nitrogens with one attached hydrogen (secondary N) is 1. The third-order valence-electron chi connectivity index (χ3n) is 3.59. The molecule has 1 aromatic heterocycles. The van der Waals surface area contributed by atoms with Crippen molar-refractivity contribution >= 4 is 29.7 Å². The van der Waals surface area contributed by atoms with Crippen LogP contribution in [-0.2, 0) is 16.8 Å². The van der Waals surface area contributed by atoms with Gasteiger partial charge in [-0.15, -0.1) is 23.7 Å². The van der Waals surface area contributed by atoms with Crippen LogP contribution < -0.4 is 11.1 Å². The zero-order chi connectivity index (χ0) is 15.3. The minimum atomic E-state index is -0.996. The van der Waals surface area contributed by atoms with E-state index in [0.29, 0.717) is 12.5 Å². The van der Waals surface area contributed by atoms with Crippen molar-refractivity contribution in [1.29, 1.82) is 0 Å². The predicted octanol–water partition coefficient (Wildman–Crippen LogP) is 3.34. The van der Waals surface area contributed by atoms with Crippen LogP contribution in [0.15, 0.2) is 47.8 Å². The molecule has 0 fully saturated rings. The molecule has 0 spiro atoms. The molecule has 3 N–H and O–H groups in total. The number of carbonyl (C=O) groups excluding carboxylic acids is 1. The van der Waals surface area contributed by atoms with Gasteiger partial charge >= 0.3 is 0 Å². The summed E-state index contributed by atoms with van der Waals surface area (Å²) in [4.78, 5) is 13.7. The zero-order valence-corrected chi connectivity index (χ0v) is 14.5. The van der Waals surface area contributed by atoms with Crippen LogP contribution in [0.5, 0.6) is 0 Å². The molecule has 22 heavy (non-hydrogen) atoms. The van der Waals surface area contributed by atoms with Gasteiger partial charge in [-0.05, 0) is 36.3 Å². The molecule has 0 aliphatic heterocycles. The lowest BCUT2D eigenvalue weighted by Crippen LogP contribution is -2.50. The highest BCUT2D eigenvalue weighted by Gasteiger charge is 2.30. The number of rotatable bonds is 6. The maximum Gasteiger partial charge on any atom is 0.244 e. The molecule has 0 saturated carbocycles. The largest absolute Gasteiger partial charge is 0.354 e. The van der Waals surface area contributed by atoms with Crippen LogP contribution in [0.1, 0.15) is 24.3 Å². The molecule has 120 valence electrons. The summed E-state index contributed by atoms with van der Waals surface area (Å²) in [5, 5.41) is 5.05. The van der Waals surface area contributed by atoms with Crippen molar-refractivity contribution in [3.05, 3.63) is 58.3 Å². The van der Waals surface area contributed by atoms with E-state index in [1.165, 1.54) is 4.88 Å². The van der Waals surface area contributed by atoms with E-state index in [2.05, 4.69) is 29.8 Å². The van der Waals surface area contributed by atoms with Crippen molar-refractivity contribution in [2.45, 2.75) is 25.8 Å². The van der Waals surface area contributed by atoms with Crippen LogP contribution in [0.2, 0.25) is 0 Å². The number of hydrogen-bond donors (Lipinski definition) is 2. The van der Waals surface area contributed by atoms with Crippen LogP contribution in [0.3, 0.4) is 0 Å². The van der Waals surface area contributed by atoms with Crippen LogP contribution >= 0.6 is 23.7 Å². The van der Waals surface area contributed by atoms with Crippen molar-refractivity contribution < 1.29 is 4.79 Å². The summed E-state index contributed by atoms with van der Waals surface area (Å²) in [6.45, 7) is 4.52. The first-order chi connectivity index (χ1) is 10.00. The van der Waals surface area contributed by atoms with E-state index < -0.39 is 5.54 Å². The van der Waals surface area contributed by atoms with Gasteiger partial charge in [-0.3, -0.25) is 4.79 Å². The molecule has 1 heterocycles. The summed E-state index contributed by atoms with van der Waals surface area (Å²) in [7, 11) is 0. The van der Waals surface area contributed by atoms with E-state index in [1.807, 2.05) is 30.3 Å². The molecule has 2 unspecified atom stereocenters. The van der Waals surface area contributed by atoms with Gasteiger partial charge in [0, 0.05) is 11.4 Å². The van der Waals surface area contributed by atoms with Gasteiger partial charge in [-0.2, -0.15) is 0 Å². The molecule has 5 heteroatoms. The second kappa shape index (κ2) is 8.32. The van der Waals surface area contributed by atoms with Crippen molar-refractivity contribution in [3.63, 3.8) is 0 Å². The second-order valence-electron chi connectivity index (χ2n) is 5.67. The number of amides is 1. The Bertz CT molecular complexity index is 570. The Kier molecular flexibility index (Phi) is 7.07. The molecule has 2 aromatic rings. The van der Waals surface area contributed by atoms with Gasteiger partial charge in [-0.25, -0.2) is 0 Å². The maximum atomic E-state index is 12.3. The first kappa shape index (κ1) is 18.7. The van der Waals surface area contributed by atoms with Gasteiger partial charge in [0.25, 0.3) is 0 Å². The normalized spacial score (nSPS) is 14.5. The smallest absolute Gasteiger partial charge is 0.244 e. The number of carbonyl (C=O) groups is 1. The Balaban J connectivity index is 0.00000242. The minimum absolute atomic E-state index is 0. The average molecular weight is 339 g/mol. The summed E-state index contributed by atoms with van der Waals surface area (Å²) in [6.07, 6.45) is 0.977. The second-order valence-corrected chi connectivity index (χ2v) is 6.70. The number of hydrogen-bond acceptors (Lipinski definition) is 3. The van der Waals surface area contributed by atoms with Crippen molar-refractivity contribution in [3.8, 4) is 0 Å². The van der Waals surface area contributed by atoms with Gasteiger partial charge < -0.3 is 11.1 Å². The lowest BCUT2D eigenvalue weighted by atomic mass is 9.92. The van der Waals surface area contributed by atoms with Crippen LogP contribution in [0.4, 0.5) is 0 Å². The molecular formula is C17H23ClN2OS. The van der Waals surface area contributed by atoms with Crippen molar-refractivity contribution in [2.24, 2.45) is 11.7 Å². The first-order valence-corrected chi connectivity index (χ1v) is 8.03. The highest BCUT2D eigenvalue weighted by Crippen LogP contribution is 2.18. The highest BCUT2D eigenvalue weighted by molar-refractivity contribution is 7.09. The third-order valence-corrected chi connectivity index (χ3v) is 4.48. The Morgan fingerprint density at radius 3 is 2.55 bits per heavy atom. The quantitative estimate of drug-likeness (QED) is 0.848. The lowest BCUT2D eigenvalue weighted by Gasteiger charge is -2.25. The van der Waals surface area contributed by atoms with E-state index in [-0.39, 0.29) is 18.3 Å². The van der Waals surface area contributed by atoms with Crippen molar-refractivity contribution in [1.82, 2.24) is 5.32 Å². The SMILES string of the molecule is CC(CNC(=O)C(C)(N)c1ccccc1)Cc1cccs1.Cl. The zero-order valence-electron chi connectivity index (χ0n) is 12.9. The maximum absolute atomic E-state index is 12.3. The Morgan fingerprint density at radius 2 is 1.95 bits per heavy atom. The molecule has 0 aliphatic carbocycles. The summed E-state index contributed by atoms with van der Waals surface area (Å²) >= 11 is 1.75. The highest BCUT2D eigenvalue weighted by atomic mass is 35.5. The predicted molar refractivity (Wildman–Crippen MR) is 95.4 cm³/mol. The van der Waals surface area contributed by atoms with E-state index in [9.17, 15) is 4.79 Å². The minimum Gasteiger partial charge on any atom is -0.354 e. The molecular weight excluding hydrogens is 316 g/mol. The third kappa shape index (κ3) is 4.83. The molecule has 3 nitrogen and oxygen atoms in total. The van der Waals surface area contributed by atoms with Gasteiger partial charge in [0.15, 0.2) is 0 Å². The molecule has 0 radical (unpaired) electrons. The Morgan fingerprint density at radius 1 is 1.27 bits per heavy atom. The molecule has 2 rings (SSSR count). The molecule has 1 amide bonds. The molecule has 2 atom stereocenters. The topological polar surface area (TPSA) is 55.1 Å². The molecule has 0 bridgehead atoms. The van der Waals surface area contributed by atoms with Gasteiger partial charge in [0.1, 0.15) is 5.54 Å². The Labute approximate surface area is 142 Å². The van der Waals surface area contributed by atoms with Gasteiger partial charge in [0.2, 0.25) is 5.91 Å². The summed E-state index contributed by atoms with van der Waals surface area (Å²) in [6, 6.07) is 13.7. The molecule has 0 aliphatic rings. The van der Waals surface area contributed by atoms with E-state index >= 15 is 0 Å². The van der Waals surface area contributed by atoms with E-state index in [1.54, 1.807) is 18.3 Å². The number of nitrogens with two attached hydrogens (primary N) is 1. The fraction of sp³-hybridized carbons (Fsp3) is 0.353. The van der Waals surface area contributed by atoms with Crippen LogP contribution in [0.25, 0.3) is 0 Å². The van der Waals surface area contributed by atoms with Crippen molar-refractivity contribution in [2.75, 3.05) is 6.54 Å². The number of halogens is 1. The number of benzene rings is 1. The Hall–Kier alpha value is -1.36. The average Bonchev–Trinajstić information content (AvgIpc) is 2.98. The van der Waals surface area contributed by atoms with Crippen LogP contribution in [0, 0.1) is 5.92 Å². The fourth-order valence-electron chi connectivity index (χ4n) is 2.21. The van der Waals surface area contributed by atoms with Gasteiger partial charge in [0.05, 0.1) is 0 Å². The standard InChI is InChI=1S/C17H22N2OS.ClH/c1-13(11-15-9-6-10-21-15)12-19-16(20)17(2,18)14-7-4-3-5-8-14;/h3-10,13H,11-12,18H2,1-2H3,(H,19,20);1H. The molecule has 0 saturated heterocycles. The number of thiophene rings is 1. The lowest BCUT2D eigenvalue weighted by molar-refractivity contribution is -0.126. The summed E-state index contributed by atoms with van der Waals surface area (Å²) < 4.78 is 0. The molecule has 1 aromatic carbocycles. The summed E-state index contributed by atoms with van der Waals surface area (Å²) in [5.74, 6) is 0.255. The van der Waals surface area contributed by atoms with E-state index in [0.717, 1.165) is 12.0 Å². The van der Waals surface area contributed by atoms with Crippen LogP contribution in [-0.4, -0.2) is 12.5 Å². The monoisotopic (exact) mass is 338 g/mol. The van der Waals surface area contributed by atoms with Gasteiger partial charge in [-0.1, -0.05) is 43.3 Å².